The molecule has 0 aliphatic heterocycles. The second-order valence-electron chi connectivity index (χ2n) is 8.01. The van der Waals surface area contributed by atoms with Crippen molar-refractivity contribution >= 4 is 23.4 Å². The van der Waals surface area contributed by atoms with Gasteiger partial charge in [0.25, 0.3) is 5.91 Å². The van der Waals surface area contributed by atoms with Crippen molar-refractivity contribution in [1.82, 2.24) is 10.2 Å². The number of para-hydroxylation sites is 1. The Morgan fingerprint density at radius 1 is 1.03 bits per heavy atom. The topological polar surface area (TPSA) is 78.5 Å². The molecule has 0 radical (unpaired) electrons. The van der Waals surface area contributed by atoms with Crippen LogP contribution in [0.2, 0.25) is 0 Å². The van der Waals surface area contributed by atoms with Gasteiger partial charge in [0.2, 0.25) is 11.8 Å². The van der Waals surface area contributed by atoms with Gasteiger partial charge in [-0.3, -0.25) is 14.4 Å². The van der Waals surface area contributed by atoms with Crippen LogP contribution in [0, 0.1) is 12.8 Å². The van der Waals surface area contributed by atoms with Crippen molar-refractivity contribution in [2.24, 2.45) is 5.92 Å². The summed E-state index contributed by atoms with van der Waals surface area (Å²) in [4.78, 5) is 39.4. The maximum absolute atomic E-state index is 13.2. The molecule has 3 amide bonds. The average molecular weight is 464 g/mol. The van der Waals surface area contributed by atoms with Crippen LogP contribution in [-0.4, -0.2) is 41.8 Å². The molecule has 2 rings (SSSR count). The molecule has 0 aliphatic carbocycles. The van der Waals surface area contributed by atoms with Crippen LogP contribution in [0.1, 0.15) is 42.3 Å². The molecule has 6 nitrogen and oxygen atoms in total. The lowest BCUT2D eigenvalue weighted by molar-refractivity contribution is -0.138. The number of nitrogens with one attached hydrogen (secondary N) is 2. The number of anilines is 1. The van der Waals surface area contributed by atoms with E-state index in [0.717, 1.165) is 17.7 Å². The second-order valence-corrected chi connectivity index (χ2v) is 8.01. The molecule has 33 heavy (non-hydrogen) atoms. The number of halogens is 3. The van der Waals surface area contributed by atoms with Crippen LogP contribution < -0.4 is 10.6 Å². The number of amides is 3. The lowest BCUT2D eigenvalue weighted by Crippen LogP contribution is -2.52. The molecule has 0 unspecified atom stereocenters. The molecule has 0 heterocycles. The van der Waals surface area contributed by atoms with Crippen LogP contribution in [0.4, 0.5) is 18.9 Å². The highest BCUT2D eigenvalue weighted by molar-refractivity contribution is 5.99. The number of nitrogens with zero attached hydrogens (tertiary/aromatic N) is 1. The molecular weight excluding hydrogens is 435 g/mol. The number of hydrogen-bond acceptors (Lipinski definition) is 3. The Morgan fingerprint density at radius 3 is 2.27 bits per heavy atom. The summed E-state index contributed by atoms with van der Waals surface area (Å²) in [5.74, 6) is -1.97. The molecule has 2 aromatic carbocycles. The summed E-state index contributed by atoms with van der Waals surface area (Å²) in [6, 6.07) is 10.6. The molecule has 0 spiro atoms. The van der Waals surface area contributed by atoms with E-state index in [1.807, 2.05) is 13.0 Å². The number of aryl methyl sites for hydroxylation is 1. The fourth-order valence-electron chi connectivity index (χ4n) is 3.27. The van der Waals surface area contributed by atoms with Gasteiger partial charge in [-0.15, -0.1) is 0 Å². The molecule has 0 saturated heterocycles. The highest BCUT2D eigenvalue weighted by Gasteiger charge is 2.34. The zero-order valence-electron chi connectivity index (χ0n) is 19.0. The Bertz CT molecular complexity index is 1010. The smallest absolute Gasteiger partial charge is 0.340 e. The van der Waals surface area contributed by atoms with Crippen LogP contribution in [0.25, 0.3) is 0 Å². The van der Waals surface area contributed by atoms with Gasteiger partial charge in [-0.25, -0.2) is 0 Å². The number of alkyl halides is 3. The van der Waals surface area contributed by atoms with Gasteiger partial charge in [-0.2, -0.15) is 13.2 Å². The predicted molar refractivity (Wildman–Crippen MR) is 120 cm³/mol. The summed E-state index contributed by atoms with van der Waals surface area (Å²) in [6.45, 7) is 6.69. The summed E-state index contributed by atoms with van der Waals surface area (Å²) >= 11 is 0. The number of carbonyl (C=O) groups is 3. The number of likely N-dealkylation sites (N-methyl/N-ethyl adjacent to an activating group) is 1. The van der Waals surface area contributed by atoms with Crippen molar-refractivity contribution in [3.63, 3.8) is 0 Å². The molecular formula is C24H28F3N3O3. The Kier molecular flexibility index (Phi) is 8.62. The van der Waals surface area contributed by atoms with Crippen molar-refractivity contribution in [3.8, 4) is 0 Å². The van der Waals surface area contributed by atoms with Crippen molar-refractivity contribution in [1.29, 1.82) is 0 Å². The standard InChI is InChI=1S/C24H28F3N3O3/c1-5-30(14-20(31)28-19-12-7-6-11-18(19)24(25,26)27)23(33)21(15(2)3)29-22(32)17-10-8-9-16(4)13-17/h6-13,15,21H,5,14H2,1-4H3,(H,28,31)(H,29,32)/t21-/m0/s1. The largest absolute Gasteiger partial charge is 0.418 e. The lowest BCUT2D eigenvalue weighted by atomic mass is 10.0. The van der Waals surface area contributed by atoms with Gasteiger partial charge in [0.15, 0.2) is 0 Å². The third-order valence-corrected chi connectivity index (χ3v) is 5.03. The van der Waals surface area contributed by atoms with Gasteiger partial charge in [0.05, 0.1) is 17.8 Å². The summed E-state index contributed by atoms with van der Waals surface area (Å²) in [5, 5.41) is 4.95. The molecule has 0 bridgehead atoms. The maximum Gasteiger partial charge on any atom is 0.418 e. The fourth-order valence-corrected chi connectivity index (χ4v) is 3.27. The Labute approximate surface area is 191 Å². The quantitative estimate of drug-likeness (QED) is 0.614. The summed E-state index contributed by atoms with van der Waals surface area (Å²) in [6.07, 6.45) is -4.63. The molecule has 2 N–H and O–H groups in total. The molecule has 0 aromatic heterocycles. The van der Waals surface area contributed by atoms with Gasteiger partial charge < -0.3 is 15.5 Å². The van der Waals surface area contributed by atoms with Gasteiger partial charge in [-0.1, -0.05) is 43.7 Å². The third-order valence-electron chi connectivity index (χ3n) is 5.03. The van der Waals surface area contributed by atoms with Crippen molar-refractivity contribution in [2.75, 3.05) is 18.4 Å². The zero-order valence-corrected chi connectivity index (χ0v) is 19.0. The number of rotatable bonds is 8. The van der Waals surface area contributed by atoms with E-state index >= 15 is 0 Å². The molecule has 0 fully saturated rings. The Balaban J connectivity index is 2.13. The van der Waals surface area contributed by atoms with Crippen LogP contribution in [-0.2, 0) is 15.8 Å². The first-order valence-corrected chi connectivity index (χ1v) is 10.6. The highest BCUT2D eigenvalue weighted by Crippen LogP contribution is 2.34. The molecule has 0 saturated carbocycles. The van der Waals surface area contributed by atoms with Crippen LogP contribution in [0.15, 0.2) is 48.5 Å². The normalized spacial score (nSPS) is 12.2. The van der Waals surface area contributed by atoms with Crippen LogP contribution >= 0.6 is 0 Å². The molecule has 2 aromatic rings. The van der Waals surface area contributed by atoms with Gasteiger partial charge in [0.1, 0.15) is 6.04 Å². The fraction of sp³-hybridized carbons (Fsp3) is 0.375. The van der Waals surface area contributed by atoms with Gasteiger partial charge in [0, 0.05) is 12.1 Å². The Hall–Kier alpha value is -3.36. The van der Waals surface area contributed by atoms with Crippen LogP contribution in [0.3, 0.4) is 0 Å². The van der Waals surface area contributed by atoms with E-state index < -0.39 is 42.0 Å². The second kappa shape index (κ2) is 11.0. The van der Waals surface area contributed by atoms with E-state index in [1.165, 1.54) is 17.0 Å². The van der Waals surface area contributed by atoms with Gasteiger partial charge in [-0.05, 0) is 44.0 Å². The van der Waals surface area contributed by atoms with Crippen molar-refractivity contribution < 1.29 is 27.6 Å². The summed E-state index contributed by atoms with van der Waals surface area (Å²) in [5.41, 5.74) is -0.0658. The monoisotopic (exact) mass is 463 g/mol. The van der Waals surface area contributed by atoms with Crippen molar-refractivity contribution in [2.45, 2.75) is 39.9 Å². The van der Waals surface area contributed by atoms with E-state index in [2.05, 4.69) is 10.6 Å². The summed E-state index contributed by atoms with van der Waals surface area (Å²) in [7, 11) is 0. The molecule has 0 aliphatic rings. The molecule has 178 valence electrons. The minimum absolute atomic E-state index is 0.136. The first-order chi connectivity index (χ1) is 15.4. The Morgan fingerprint density at radius 2 is 1.70 bits per heavy atom. The van der Waals surface area contributed by atoms with Gasteiger partial charge >= 0.3 is 6.18 Å². The lowest BCUT2D eigenvalue weighted by Gasteiger charge is -2.29. The third kappa shape index (κ3) is 7.06. The van der Waals surface area contributed by atoms with E-state index in [0.29, 0.717) is 5.56 Å². The molecule has 1 atom stereocenters. The molecule has 9 heteroatoms. The van der Waals surface area contributed by atoms with Crippen LogP contribution in [0.5, 0.6) is 0 Å². The van der Waals surface area contributed by atoms with E-state index in [4.69, 9.17) is 0 Å². The van der Waals surface area contributed by atoms with E-state index in [-0.39, 0.29) is 18.2 Å². The van der Waals surface area contributed by atoms with Crippen molar-refractivity contribution in [3.05, 3.63) is 65.2 Å². The van der Waals surface area contributed by atoms with E-state index in [1.54, 1.807) is 39.0 Å². The number of benzene rings is 2. The minimum Gasteiger partial charge on any atom is -0.340 e. The number of hydrogen-bond donors (Lipinski definition) is 2. The minimum atomic E-state index is -4.63. The average Bonchev–Trinajstić information content (AvgIpc) is 2.74. The number of carbonyl (C=O) groups excluding carboxylic acids is 3. The first kappa shape index (κ1) is 25.9. The highest BCUT2D eigenvalue weighted by atomic mass is 19.4. The SMILES string of the molecule is CCN(CC(=O)Nc1ccccc1C(F)(F)F)C(=O)[C@@H](NC(=O)c1cccc(C)c1)C(C)C. The first-order valence-electron chi connectivity index (χ1n) is 10.6. The van der Waals surface area contributed by atoms with E-state index in [9.17, 15) is 27.6 Å². The maximum atomic E-state index is 13.2. The summed E-state index contributed by atoms with van der Waals surface area (Å²) < 4.78 is 39.5. The zero-order chi connectivity index (χ0) is 24.8. The predicted octanol–water partition coefficient (Wildman–Crippen LogP) is 4.26.